The van der Waals surface area contributed by atoms with Crippen molar-refractivity contribution in [2.75, 3.05) is 5.88 Å². The smallest absolute Gasteiger partial charge is 0.251 e. The average molecular weight is 270 g/mol. The highest BCUT2D eigenvalue weighted by Gasteiger charge is 2.14. The van der Waals surface area contributed by atoms with Crippen LogP contribution in [0.1, 0.15) is 36.2 Å². The van der Waals surface area contributed by atoms with Crippen LogP contribution in [0.3, 0.4) is 0 Å². The number of halogens is 1. The van der Waals surface area contributed by atoms with Crippen LogP contribution in [0.2, 0.25) is 0 Å². The van der Waals surface area contributed by atoms with Crippen molar-refractivity contribution in [3.05, 3.63) is 29.3 Å². The van der Waals surface area contributed by atoms with Crippen molar-refractivity contribution in [2.24, 2.45) is 5.92 Å². The van der Waals surface area contributed by atoms with E-state index in [9.17, 15) is 9.90 Å². The Balaban J connectivity index is 2.71. The topological polar surface area (TPSA) is 49.3 Å². The minimum atomic E-state index is -0.149. The molecule has 3 nitrogen and oxygen atoms in total. The molecule has 0 heterocycles. The minimum Gasteiger partial charge on any atom is -0.508 e. The monoisotopic (exact) mass is 269 g/mol. The number of aryl methyl sites for hydroxylation is 1. The minimum absolute atomic E-state index is 0.0201. The van der Waals surface area contributed by atoms with E-state index in [1.54, 1.807) is 19.1 Å². The van der Waals surface area contributed by atoms with Crippen molar-refractivity contribution in [1.82, 2.24) is 5.32 Å². The molecule has 0 aromatic heterocycles. The second-order valence-corrected chi connectivity index (χ2v) is 5.26. The normalized spacial score (nSPS) is 12.5. The number of rotatable bonds is 5. The third kappa shape index (κ3) is 4.22. The summed E-state index contributed by atoms with van der Waals surface area (Å²) in [4.78, 5) is 12.0. The van der Waals surface area contributed by atoms with E-state index in [0.717, 1.165) is 6.42 Å². The maximum atomic E-state index is 12.0. The molecule has 0 radical (unpaired) electrons. The first kappa shape index (κ1) is 14.8. The third-order valence-electron chi connectivity index (χ3n) is 2.74. The van der Waals surface area contributed by atoms with Crippen LogP contribution in [-0.2, 0) is 0 Å². The molecule has 100 valence electrons. The molecular formula is C14H20ClNO2. The molecule has 1 aromatic rings. The molecule has 0 bridgehead atoms. The van der Waals surface area contributed by atoms with Crippen LogP contribution in [-0.4, -0.2) is 22.9 Å². The van der Waals surface area contributed by atoms with Crippen molar-refractivity contribution >= 4 is 17.5 Å². The van der Waals surface area contributed by atoms with E-state index in [4.69, 9.17) is 11.6 Å². The van der Waals surface area contributed by atoms with Crippen molar-refractivity contribution in [3.8, 4) is 5.75 Å². The number of amides is 1. The van der Waals surface area contributed by atoms with Crippen LogP contribution in [0, 0.1) is 12.8 Å². The highest BCUT2D eigenvalue weighted by Crippen LogP contribution is 2.17. The van der Waals surface area contributed by atoms with Gasteiger partial charge in [0, 0.05) is 17.5 Å². The molecule has 1 unspecified atom stereocenters. The molecule has 0 saturated carbocycles. The lowest BCUT2D eigenvalue weighted by Crippen LogP contribution is -2.37. The summed E-state index contributed by atoms with van der Waals surface area (Å²) in [5.41, 5.74) is 1.23. The Hall–Kier alpha value is -1.22. The van der Waals surface area contributed by atoms with Gasteiger partial charge in [0.1, 0.15) is 5.75 Å². The molecule has 4 heteroatoms. The standard InChI is InChI=1S/C14H20ClNO2/c1-9(2)6-12(8-15)16-14(18)11-4-5-13(17)10(3)7-11/h4-5,7,9,12,17H,6,8H2,1-3H3,(H,16,18). The number of carbonyl (C=O) groups excluding carboxylic acids is 1. The zero-order valence-electron chi connectivity index (χ0n) is 11.0. The largest absolute Gasteiger partial charge is 0.508 e. The van der Waals surface area contributed by atoms with Crippen LogP contribution >= 0.6 is 11.6 Å². The van der Waals surface area contributed by atoms with Gasteiger partial charge in [-0.3, -0.25) is 4.79 Å². The van der Waals surface area contributed by atoms with Gasteiger partial charge in [0.25, 0.3) is 5.91 Å². The van der Waals surface area contributed by atoms with Crippen LogP contribution in [0.4, 0.5) is 0 Å². The Morgan fingerprint density at radius 3 is 2.61 bits per heavy atom. The van der Waals surface area contributed by atoms with Gasteiger partial charge in [0.15, 0.2) is 0 Å². The van der Waals surface area contributed by atoms with E-state index in [0.29, 0.717) is 22.9 Å². The lowest BCUT2D eigenvalue weighted by molar-refractivity contribution is 0.0936. The molecule has 0 fully saturated rings. The molecular weight excluding hydrogens is 250 g/mol. The summed E-state index contributed by atoms with van der Waals surface area (Å²) in [5.74, 6) is 0.934. The maximum absolute atomic E-state index is 12.0. The Morgan fingerprint density at radius 2 is 2.11 bits per heavy atom. The van der Waals surface area contributed by atoms with E-state index < -0.39 is 0 Å². The highest BCUT2D eigenvalue weighted by atomic mass is 35.5. The first-order chi connectivity index (χ1) is 8.43. The highest BCUT2D eigenvalue weighted by molar-refractivity contribution is 6.18. The van der Waals surface area contributed by atoms with E-state index in [-0.39, 0.29) is 17.7 Å². The average Bonchev–Trinajstić information content (AvgIpc) is 2.31. The van der Waals surface area contributed by atoms with Gasteiger partial charge in [0.05, 0.1) is 0 Å². The molecule has 0 spiro atoms. The number of hydrogen-bond donors (Lipinski definition) is 2. The SMILES string of the molecule is Cc1cc(C(=O)NC(CCl)CC(C)C)ccc1O. The molecule has 2 N–H and O–H groups in total. The summed E-state index contributed by atoms with van der Waals surface area (Å²) in [6.07, 6.45) is 0.853. The summed E-state index contributed by atoms with van der Waals surface area (Å²) < 4.78 is 0. The quantitative estimate of drug-likeness (QED) is 0.807. The zero-order valence-corrected chi connectivity index (χ0v) is 11.8. The maximum Gasteiger partial charge on any atom is 0.251 e. The summed E-state index contributed by atoms with van der Waals surface area (Å²) in [6.45, 7) is 5.95. The predicted octanol–water partition coefficient (Wildman–Crippen LogP) is 3.08. The van der Waals surface area contributed by atoms with E-state index in [1.807, 2.05) is 0 Å². The fraction of sp³-hybridized carbons (Fsp3) is 0.500. The number of phenolic OH excluding ortho intramolecular Hbond substituents is 1. The molecule has 0 saturated heterocycles. The Labute approximate surface area is 113 Å². The van der Waals surface area contributed by atoms with Gasteiger partial charge < -0.3 is 10.4 Å². The summed E-state index contributed by atoms with van der Waals surface area (Å²) in [7, 11) is 0. The number of phenols is 1. The molecule has 1 amide bonds. The van der Waals surface area contributed by atoms with Crippen LogP contribution < -0.4 is 5.32 Å². The number of aromatic hydroxyl groups is 1. The number of carbonyl (C=O) groups is 1. The Morgan fingerprint density at radius 1 is 1.44 bits per heavy atom. The summed E-state index contributed by atoms with van der Waals surface area (Å²) in [6, 6.07) is 4.79. The van der Waals surface area contributed by atoms with Gasteiger partial charge in [-0.15, -0.1) is 11.6 Å². The van der Waals surface area contributed by atoms with Gasteiger partial charge in [0.2, 0.25) is 0 Å². The number of benzene rings is 1. The lowest BCUT2D eigenvalue weighted by atomic mass is 10.0. The van der Waals surface area contributed by atoms with Gasteiger partial charge in [-0.25, -0.2) is 0 Å². The Bertz CT molecular complexity index is 418. The van der Waals surface area contributed by atoms with E-state index in [1.165, 1.54) is 6.07 Å². The lowest BCUT2D eigenvalue weighted by Gasteiger charge is -2.18. The Kier molecular flexibility index (Phi) is 5.48. The zero-order chi connectivity index (χ0) is 13.7. The number of alkyl halides is 1. The van der Waals surface area contributed by atoms with Gasteiger partial charge in [-0.05, 0) is 43.0 Å². The van der Waals surface area contributed by atoms with Gasteiger partial charge in [-0.2, -0.15) is 0 Å². The van der Waals surface area contributed by atoms with Crippen molar-refractivity contribution in [1.29, 1.82) is 0 Å². The third-order valence-corrected chi connectivity index (χ3v) is 3.11. The summed E-state index contributed by atoms with van der Waals surface area (Å²) in [5, 5.41) is 12.3. The molecule has 0 aliphatic heterocycles. The molecule has 0 aliphatic carbocycles. The van der Waals surface area contributed by atoms with Crippen LogP contribution in [0.5, 0.6) is 5.75 Å². The molecule has 1 aromatic carbocycles. The molecule has 1 atom stereocenters. The van der Waals surface area contributed by atoms with Crippen molar-refractivity contribution < 1.29 is 9.90 Å². The molecule has 18 heavy (non-hydrogen) atoms. The first-order valence-corrected chi connectivity index (χ1v) is 6.64. The number of nitrogens with one attached hydrogen (secondary N) is 1. The van der Waals surface area contributed by atoms with Gasteiger partial charge >= 0.3 is 0 Å². The van der Waals surface area contributed by atoms with Gasteiger partial charge in [-0.1, -0.05) is 13.8 Å². The second kappa shape index (κ2) is 6.64. The molecule has 1 rings (SSSR count). The van der Waals surface area contributed by atoms with Crippen LogP contribution in [0.15, 0.2) is 18.2 Å². The van der Waals surface area contributed by atoms with E-state index >= 15 is 0 Å². The van der Waals surface area contributed by atoms with Crippen molar-refractivity contribution in [2.45, 2.75) is 33.2 Å². The number of hydrogen-bond acceptors (Lipinski definition) is 2. The first-order valence-electron chi connectivity index (χ1n) is 6.10. The summed E-state index contributed by atoms with van der Waals surface area (Å²) >= 11 is 5.84. The van der Waals surface area contributed by atoms with E-state index in [2.05, 4.69) is 19.2 Å². The van der Waals surface area contributed by atoms with Crippen LogP contribution in [0.25, 0.3) is 0 Å². The molecule has 0 aliphatic rings. The fourth-order valence-corrected chi connectivity index (χ4v) is 2.00. The van der Waals surface area contributed by atoms with Crippen molar-refractivity contribution in [3.63, 3.8) is 0 Å². The predicted molar refractivity (Wildman–Crippen MR) is 74.3 cm³/mol. The second-order valence-electron chi connectivity index (χ2n) is 4.96. The fourth-order valence-electron chi connectivity index (χ4n) is 1.79.